The Hall–Kier alpha value is -3.44. The standard InChI is InChI=1S/C18H21NO.C11H17N.C7H5ClO.ClH/c1-14(2)16-10-8-15(9-11-16)12-13-19-18(20)17-6-4-3-5-7-17;1-9(2)11-5-3-10(4-6-11)7-8-12;8-7(9)6-4-2-1-3-5-6;/h3-11,14H,12-13H2,1-2H3,(H,19,20);3-6,9H,7-8,12H2,1-2H3;1-5H;1H. The number of carbonyl (C=O) groups is 2. The molecular weight excluding hydrogens is 563 g/mol. The molecule has 4 rings (SSSR count). The molecule has 0 heterocycles. The number of carbonyl (C=O) groups excluding carboxylic acids is 2. The van der Waals surface area contributed by atoms with Crippen molar-refractivity contribution in [1.29, 1.82) is 0 Å². The summed E-state index contributed by atoms with van der Waals surface area (Å²) in [6, 6.07) is 35.4. The van der Waals surface area contributed by atoms with Crippen molar-refractivity contribution in [1.82, 2.24) is 5.32 Å². The van der Waals surface area contributed by atoms with E-state index in [2.05, 4.69) is 81.5 Å². The van der Waals surface area contributed by atoms with Crippen LogP contribution in [0.3, 0.4) is 0 Å². The van der Waals surface area contributed by atoms with E-state index in [1.165, 1.54) is 22.3 Å². The van der Waals surface area contributed by atoms with Gasteiger partial charge in [-0.25, -0.2) is 0 Å². The lowest BCUT2D eigenvalue weighted by molar-refractivity contribution is 0.0953. The number of hydrogen-bond acceptors (Lipinski definition) is 3. The van der Waals surface area contributed by atoms with Gasteiger partial charge in [-0.2, -0.15) is 0 Å². The molecule has 0 bridgehead atoms. The highest BCUT2D eigenvalue weighted by atomic mass is 35.5. The van der Waals surface area contributed by atoms with Gasteiger partial charge in [0.15, 0.2) is 0 Å². The monoisotopic (exact) mass is 606 g/mol. The lowest BCUT2D eigenvalue weighted by Crippen LogP contribution is -2.25. The molecule has 1 amide bonds. The van der Waals surface area contributed by atoms with Crippen molar-refractivity contribution in [2.75, 3.05) is 13.1 Å². The summed E-state index contributed by atoms with van der Waals surface area (Å²) in [6.07, 6.45) is 1.84. The molecule has 42 heavy (non-hydrogen) atoms. The maximum atomic E-state index is 11.9. The van der Waals surface area contributed by atoms with Crippen LogP contribution in [0.2, 0.25) is 0 Å². The minimum atomic E-state index is -0.407. The van der Waals surface area contributed by atoms with Crippen molar-refractivity contribution >= 4 is 35.2 Å². The van der Waals surface area contributed by atoms with Crippen molar-refractivity contribution in [3.05, 3.63) is 143 Å². The summed E-state index contributed by atoms with van der Waals surface area (Å²) in [5.41, 5.74) is 12.0. The Bertz CT molecular complexity index is 1290. The van der Waals surface area contributed by atoms with Gasteiger partial charge in [-0.15, -0.1) is 12.4 Å². The zero-order valence-corrected chi connectivity index (χ0v) is 26.6. The second-order valence-corrected chi connectivity index (χ2v) is 10.7. The van der Waals surface area contributed by atoms with Crippen LogP contribution in [0, 0.1) is 0 Å². The maximum absolute atomic E-state index is 11.9. The zero-order chi connectivity index (χ0) is 30.0. The van der Waals surface area contributed by atoms with E-state index in [0.29, 0.717) is 29.5 Å². The Morgan fingerprint density at radius 3 is 1.40 bits per heavy atom. The van der Waals surface area contributed by atoms with Crippen LogP contribution >= 0.6 is 24.0 Å². The predicted octanol–water partition coefficient (Wildman–Crippen LogP) is 8.58. The summed E-state index contributed by atoms with van der Waals surface area (Å²) in [7, 11) is 0. The van der Waals surface area contributed by atoms with Crippen molar-refractivity contribution in [3.8, 4) is 0 Å². The van der Waals surface area contributed by atoms with Gasteiger partial charge in [-0.05, 0) is 77.2 Å². The molecule has 0 spiro atoms. The van der Waals surface area contributed by atoms with E-state index in [1.54, 1.807) is 24.3 Å². The Labute approximate surface area is 263 Å². The Balaban J connectivity index is 0.000000342. The average molecular weight is 608 g/mol. The van der Waals surface area contributed by atoms with E-state index in [0.717, 1.165) is 19.4 Å². The van der Waals surface area contributed by atoms with Crippen molar-refractivity contribution in [2.24, 2.45) is 5.73 Å². The van der Waals surface area contributed by atoms with E-state index >= 15 is 0 Å². The summed E-state index contributed by atoms with van der Waals surface area (Å²) < 4.78 is 0. The van der Waals surface area contributed by atoms with E-state index in [-0.39, 0.29) is 18.3 Å². The number of nitrogens with one attached hydrogen (secondary N) is 1. The minimum absolute atomic E-state index is 0. The molecule has 4 aromatic rings. The summed E-state index contributed by atoms with van der Waals surface area (Å²) in [5, 5.41) is 2.54. The molecule has 0 aromatic heterocycles. The van der Waals surface area contributed by atoms with Gasteiger partial charge in [0.1, 0.15) is 0 Å². The van der Waals surface area contributed by atoms with E-state index in [1.807, 2.05) is 36.4 Å². The highest BCUT2D eigenvalue weighted by Crippen LogP contribution is 2.15. The molecule has 224 valence electrons. The number of rotatable bonds is 9. The fraction of sp³-hybridized carbons (Fsp3) is 0.278. The van der Waals surface area contributed by atoms with Crippen LogP contribution in [0.15, 0.2) is 109 Å². The van der Waals surface area contributed by atoms with Crippen molar-refractivity contribution in [2.45, 2.75) is 52.4 Å². The fourth-order valence-corrected chi connectivity index (χ4v) is 4.01. The van der Waals surface area contributed by atoms with Gasteiger partial charge in [-0.1, -0.05) is 125 Å². The molecule has 0 saturated carbocycles. The molecule has 0 aliphatic carbocycles. The topological polar surface area (TPSA) is 72.2 Å². The molecule has 0 radical (unpaired) electrons. The number of halogens is 2. The molecule has 0 unspecified atom stereocenters. The van der Waals surface area contributed by atoms with Gasteiger partial charge >= 0.3 is 0 Å². The predicted molar refractivity (Wildman–Crippen MR) is 180 cm³/mol. The van der Waals surface area contributed by atoms with E-state index < -0.39 is 5.24 Å². The molecule has 0 fully saturated rings. The van der Waals surface area contributed by atoms with Crippen LogP contribution in [0.25, 0.3) is 0 Å². The van der Waals surface area contributed by atoms with Crippen LogP contribution in [0.1, 0.15) is 82.5 Å². The van der Waals surface area contributed by atoms with Gasteiger partial charge in [0.05, 0.1) is 0 Å². The normalized spacial score (nSPS) is 10.0. The maximum Gasteiger partial charge on any atom is 0.252 e. The minimum Gasteiger partial charge on any atom is -0.352 e. The summed E-state index contributed by atoms with van der Waals surface area (Å²) in [4.78, 5) is 22.3. The van der Waals surface area contributed by atoms with Gasteiger partial charge in [-0.3, -0.25) is 9.59 Å². The first-order valence-corrected chi connectivity index (χ1v) is 14.5. The van der Waals surface area contributed by atoms with Crippen LogP contribution in [0.5, 0.6) is 0 Å². The third-order valence-corrected chi connectivity index (χ3v) is 6.68. The number of hydrogen-bond donors (Lipinski definition) is 2. The first-order valence-electron chi connectivity index (χ1n) is 14.2. The molecule has 3 N–H and O–H groups in total. The van der Waals surface area contributed by atoms with Crippen LogP contribution < -0.4 is 11.1 Å². The van der Waals surface area contributed by atoms with Gasteiger partial charge in [0.25, 0.3) is 11.1 Å². The quantitative estimate of drug-likeness (QED) is 0.187. The van der Waals surface area contributed by atoms with E-state index in [9.17, 15) is 9.59 Å². The summed E-state index contributed by atoms with van der Waals surface area (Å²) in [5.74, 6) is 1.17. The zero-order valence-electron chi connectivity index (χ0n) is 25.1. The molecule has 0 atom stereocenters. The fourth-order valence-electron chi connectivity index (χ4n) is 3.89. The van der Waals surface area contributed by atoms with Crippen LogP contribution in [-0.2, 0) is 12.8 Å². The molecule has 4 nitrogen and oxygen atoms in total. The van der Waals surface area contributed by atoms with Gasteiger partial charge in [0, 0.05) is 17.7 Å². The molecule has 0 aliphatic rings. The van der Waals surface area contributed by atoms with Crippen molar-refractivity contribution < 1.29 is 9.59 Å². The molecular formula is C36H44Cl2N2O2. The third kappa shape index (κ3) is 14.0. The molecule has 4 aromatic carbocycles. The van der Waals surface area contributed by atoms with E-state index in [4.69, 9.17) is 17.3 Å². The number of nitrogens with two attached hydrogens (primary N) is 1. The lowest BCUT2D eigenvalue weighted by atomic mass is 10.0. The largest absolute Gasteiger partial charge is 0.352 e. The molecule has 6 heteroatoms. The van der Waals surface area contributed by atoms with Gasteiger partial charge in [0.2, 0.25) is 0 Å². The smallest absolute Gasteiger partial charge is 0.252 e. The Morgan fingerprint density at radius 2 is 1.05 bits per heavy atom. The Morgan fingerprint density at radius 1 is 0.643 bits per heavy atom. The van der Waals surface area contributed by atoms with Gasteiger partial charge < -0.3 is 11.1 Å². The molecule has 0 aliphatic heterocycles. The SMILES string of the molecule is CC(C)c1ccc(CCN)cc1.CC(C)c1ccc(CCNC(=O)c2ccccc2)cc1.Cl.O=C(Cl)c1ccccc1. The summed E-state index contributed by atoms with van der Waals surface area (Å²) in [6.45, 7) is 10.2. The van der Waals surface area contributed by atoms with Crippen molar-refractivity contribution in [3.63, 3.8) is 0 Å². The second-order valence-electron chi connectivity index (χ2n) is 10.3. The highest BCUT2D eigenvalue weighted by Gasteiger charge is 2.04. The van der Waals surface area contributed by atoms with Crippen LogP contribution in [0.4, 0.5) is 0 Å². The lowest BCUT2D eigenvalue weighted by Gasteiger charge is -2.08. The number of amides is 1. The first kappa shape index (κ1) is 36.6. The third-order valence-electron chi connectivity index (χ3n) is 6.46. The highest BCUT2D eigenvalue weighted by molar-refractivity contribution is 6.67. The second kappa shape index (κ2) is 20.4. The number of benzene rings is 4. The summed E-state index contributed by atoms with van der Waals surface area (Å²) >= 11 is 5.16. The first-order chi connectivity index (χ1) is 19.7. The molecule has 0 saturated heterocycles. The van der Waals surface area contributed by atoms with Crippen LogP contribution in [-0.4, -0.2) is 24.2 Å². The average Bonchev–Trinajstić information content (AvgIpc) is 2.99. The Kier molecular flexibility index (Phi) is 17.8.